The summed E-state index contributed by atoms with van der Waals surface area (Å²) in [6, 6.07) is 17.3. The number of thiophene rings is 1. The minimum Gasteiger partial charge on any atom is -0.344 e. The van der Waals surface area contributed by atoms with E-state index in [-0.39, 0.29) is 23.7 Å². The van der Waals surface area contributed by atoms with Crippen molar-refractivity contribution in [3.05, 3.63) is 70.6 Å². The quantitative estimate of drug-likeness (QED) is 0.640. The van der Waals surface area contributed by atoms with Crippen molar-refractivity contribution in [1.29, 1.82) is 0 Å². The summed E-state index contributed by atoms with van der Waals surface area (Å²) in [6.07, 6.45) is 0. The Labute approximate surface area is 151 Å². The van der Waals surface area contributed by atoms with Crippen LogP contribution in [0.4, 0.5) is 0 Å². The first-order chi connectivity index (χ1) is 12.0. The monoisotopic (exact) mass is 351 g/mol. The summed E-state index contributed by atoms with van der Waals surface area (Å²) in [4.78, 5) is 24.9. The molecule has 1 atom stereocenters. The minimum absolute atomic E-state index is 0.0435. The molecule has 1 unspecified atom stereocenters. The van der Waals surface area contributed by atoms with E-state index in [2.05, 4.69) is 19.2 Å². The molecule has 25 heavy (non-hydrogen) atoms. The molecule has 0 bridgehead atoms. The maximum absolute atomic E-state index is 12.7. The number of nitrogens with one attached hydrogen (secondary N) is 1. The summed E-state index contributed by atoms with van der Waals surface area (Å²) in [7, 11) is 0. The lowest BCUT2D eigenvalue weighted by Crippen LogP contribution is -2.31. The molecule has 3 aromatic rings. The number of benzene rings is 2. The lowest BCUT2D eigenvalue weighted by Gasteiger charge is -2.23. The highest BCUT2D eigenvalue weighted by Crippen LogP contribution is 2.27. The molecule has 128 valence electrons. The van der Waals surface area contributed by atoms with Gasteiger partial charge in [0.2, 0.25) is 0 Å². The van der Waals surface area contributed by atoms with Gasteiger partial charge in [-0.25, -0.2) is 0 Å². The molecule has 1 aromatic heterocycles. The van der Waals surface area contributed by atoms with Gasteiger partial charge in [0.1, 0.15) is 0 Å². The average molecular weight is 351 g/mol. The van der Waals surface area contributed by atoms with Crippen molar-refractivity contribution in [3.63, 3.8) is 0 Å². The summed E-state index contributed by atoms with van der Waals surface area (Å²) in [6.45, 7) is 5.71. The Morgan fingerprint density at radius 3 is 2.28 bits per heavy atom. The molecule has 0 fully saturated rings. The third-order valence-electron chi connectivity index (χ3n) is 4.28. The topological polar surface area (TPSA) is 46.2 Å². The SMILES string of the molecule is CC(=O)c1ccc(C(NC(=O)c2cc3ccccc3s2)C(C)C)cc1. The van der Waals surface area contributed by atoms with Crippen molar-refractivity contribution >= 4 is 33.1 Å². The molecule has 0 aliphatic carbocycles. The van der Waals surface area contributed by atoms with E-state index in [1.807, 2.05) is 54.6 Å². The van der Waals surface area contributed by atoms with Crippen molar-refractivity contribution in [2.75, 3.05) is 0 Å². The van der Waals surface area contributed by atoms with Crippen molar-refractivity contribution in [3.8, 4) is 0 Å². The number of amides is 1. The van der Waals surface area contributed by atoms with Crippen LogP contribution in [-0.4, -0.2) is 11.7 Å². The molecule has 0 saturated carbocycles. The molecule has 3 rings (SSSR count). The number of fused-ring (bicyclic) bond motifs is 1. The van der Waals surface area contributed by atoms with E-state index in [0.717, 1.165) is 15.6 Å². The minimum atomic E-state index is -0.0984. The predicted octanol–water partition coefficient (Wildman–Crippen LogP) is 5.23. The molecule has 2 aromatic carbocycles. The second-order valence-electron chi connectivity index (χ2n) is 6.52. The maximum Gasteiger partial charge on any atom is 0.261 e. The van der Waals surface area contributed by atoms with Gasteiger partial charge in [-0.05, 0) is 35.9 Å². The maximum atomic E-state index is 12.7. The van der Waals surface area contributed by atoms with Gasteiger partial charge in [-0.15, -0.1) is 11.3 Å². The van der Waals surface area contributed by atoms with Gasteiger partial charge in [0, 0.05) is 10.3 Å². The Morgan fingerprint density at radius 1 is 1.00 bits per heavy atom. The lowest BCUT2D eigenvalue weighted by atomic mass is 9.94. The Morgan fingerprint density at radius 2 is 1.68 bits per heavy atom. The van der Waals surface area contributed by atoms with Gasteiger partial charge < -0.3 is 5.32 Å². The second-order valence-corrected chi connectivity index (χ2v) is 7.61. The largest absolute Gasteiger partial charge is 0.344 e. The van der Waals surface area contributed by atoms with E-state index in [1.165, 1.54) is 11.3 Å². The first kappa shape index (κ1) is 17.4. The van der Waals surface area contributed by atoms with E-state index >= 15 is 0 Å². The van der Waals surface area contributed by atoms with E-state index in [0.29, 0.717) is 10.4 Å². The van der Waals surface area contributed by atoms with Crippen molar-refractivity contribution < 1.29 is 9.59 Å². The van der Waals surface area contributed by atoms with Crippen molar-refractivity contribution in [2.45, 2.75) is 26.8 Å². The Bertz CT molecular complexity index is 876. The molecule has 1 amide bonds. The summed E-state index contributed by atoms with van der Waals surface area (Å²) >= 11 is 1.50. The predicted molar refractivity (Wildman–Crippen MR) is 103 cm³/mol. The van der Waals surface area contributed by atoms with Crippen LogP contribution in [0.2, 0.25) is 0 Å². The van der Waals surface area contributed by atoms with E-state index in [9.17, 15) is 9.59 Å². The van der Waals surface area contributed by atoms with Gasteiger partial charge in [0.05, 0.1) is 10.9 Å². The van der Waals surface area contributed by atoms with Gasteiger partial charge in [0.25, 0.3) is 5.91 Å². The second kappa shape index (κ2) is 7.19. The van der Waals surface area contributed by atoms with Crippen LogP contribution in [0, 0.1) is 5.92 Å². The standard InChI is InChI=1S/C21H21NO2S/c1-13(2)20(16-10-8-15(9-11-16)14(3)23)22-21(24)19-12-17-6-4-5-7-18(17)25-19/h4-13,20H,1-3H3,(H,22,24). The van der Waals surface area contributed by atoms with Crippen LogP contribution < -0.4 is 5.32 Å². The third-order valence-corrected chi connectivity index (χ3v) is 5.39. The normalized spacial score (nSPS) is 12.3. The zero-order valence-electron chi connectivity index (χ0n) is 14.6. The zero-order valence-corrected chi connectivity index (χ0v) is 15.4. The van der Waals surface area contributed by atoms with Gasteiger partial charge in [-0.1, -0.05) is 56.3 Å². The van der Waals surface area contributed by atoms with Crippen molar-refractivity contribution in [2.24, 2.45) is 5.92 Å². The third kappa shape index (κ3) is 3.80. The highest BCUT2D eigenvalue weighted by Gasteiger charge is 2.20. The molecule has 4 heteroatoms. The molecule has 0 saturated heterocycles. The summed E-state index contributed by atoms with van der Waals surface area (Å²) in [5.41, 5.74) is 1.69. The average Bonchev–Trinajstić information content (AvgIpc) is 3.03. The number of carbonyl (C=O) groups is 2. The van der Waals surface area contributed by atoms with Gasteiger partial charge in [-0.3, -0.25) is 9.59 Å². The smallest absolute Gasteiger partial charge is 0.261 e. The highest BCUT2D eigenvalue weighted by atomic mass is 32.1. The molecule has 1 heterocycles. The zero-order chi connectivity index (χ0) is 18.0. The number of hydrogen-bond acceptors (Lipinski definition) is 3. The number of carbonyl (C=O) groups excluding carboxylic acids is 2. The Hall–Kier alpha value is -2.46. The molecule has 0 radical (unpaired) electrons. The van der Waals surface area contributed by atoms with E-state index in [4.69, 9.17) is 0 Å². The summed E-state index contributed by atoms with van der Waals surface area (Å²) < 4.78 is 1.11. The molecular formula is C21H21NO2S. The van der Waals surface area contributed by atoms with Gasteiger partial charge >= 0.3 is 0 Å². The lowest BCUT2D eigenvalue weighted by molar-refractivity contribution is 0.0928. The first-order valence-corrected chi connectivity index (χ1v) is 9.17. The fourth-order valence-electron chi connectivity index (χ4n) is 2.87. The first-order valence-electron chi connectivity index (χ1n) is 8.36. The Kier molecular flexibility index (Phi) is 5.00. The highest BCUT2D eigenvalue weighted by molar-refractivity contribution is 7.20. The number of ketones is 1. The van der Waals surface area contributed by atoms with E-state index in [1.54, 1.807) is 6.92 Å². The van der Waals surface area contributed by atoms with Crippen LogP contribution >= 0.6 is 11.3 Å². The van der Waals surface area contributed by atoms with Crippen molar-refractivity contribution in [1.82, 2.24) is 5.32 Å². The van der Waals surface area contributed by atoms with E-state index < -0.39 is 0 Å². The fraction of sp³-hybridized carbons (Fsp3) is 0.238. The molecular weight excluding hydrogens is 330 g/mol. The molecule has 3 nitrogen and oxygen atoms in total. The molecule has 0 aliphatic rings. The van der Waals surface area contributed by atoms with Crippen LogP contribution in [0.25, 0.3) is 10.1 Å². The fourth-order valence-corrected chi connectivity index (χ4v) is 3.83. The van der Waals surface area contributed by atoms with Crippen LogP contribution in [-0.2, 0) is 0 Å². The molecule has 1 N–H and O–H groups in total. The number of Topliss-reactive ketones (excluding diaryl/α,β-unsaturated/α-hetero) is 1. The Balaban J connectivity index is 1.83. The van der Waals surface area contributed by atoms with Crippen LogP contribution in [0.3, 0.4) is 0 Å². The van der Waals surface area contributed by atoms with Gasteiger partial charge in [0.15, 0.2) is 5.78 Å². The van der Waals surface area contributed by atoms with Crippen LogP contribution in [0.1, 0.15) is 52.4 Å². The van der Waals surface area contributed by atoms with Gasteiger partial charge in [-0.2, -0.15) is 0 Å². The number of rotatable bonds is 5. The van der Waals surface area contributed by atoms with Crippen LogP contribution in [0.5, 0.6) is 0 Å². The summed E-state index contributed by atoms with van der Waals surface area (Å²) in [5, 5.41) is 4.23. The van der Waals surface area contributed by atoms with Crippen LogP contribution in [0.15, 0.2) is 54.6 Å². The molecule has 0 aliphatic heterocycles. The number of hydrogen-bond donors (Lipinski definition) is 1. The summed E-state index contributed by atoms with van der Waals surface area (Å²) in [5.74, 6) is 0.221. The molecule has 0 spiro atoms.